The van der Waals surface area contributed by atoms with Crippen LogP contribution in [0.5, 0.6) is 0 Å². The normalized spacial score (nSPS) is 18.7. The lowest BCUT2D eigenvalue weighted by Crippen LogP contribution is -2.37. The van der Waals surface area contributed by atoms with Gasteiger partial charge in [0.15, 0.2) is 5.78 Å². The molecule has 1 saturated heterocycles. The summed E-state index contributed by atoms with van der Waals surface area (Å²) in [6.45, 7) is 15.1. The number of rotatable bonds is 8. The molecule has 0 radical (unpaired) electrons. The number of likely N-dealkylation sites (tertiary alicyclic amines) is 1. The molecule has 1 aromatic heterocycles. The van der Waals surface area contributed by atoms with E-state index >= 15 is 0 Å². The van der Waals surface area contributed by atoms with Crippen LogP contribution in [0.2, 0.25) is 5.02 Å². The van der Waals surface area contributed by atoms with Crippen molar-refractivity contribution in [2.24, 2.45) is 11.8 Å². The van der Waals surface area contributed by atoms with Crippen LogP contribution in [0.25, 0.3) is 5.70 Å². The lowest BCUT2D eigenvalue weighted by Gasteiger charge is -2.38. The number of carbonyl (C=O) groups excluding carboxylic acids is 1. The van der Waals surface area contributed by atoms with Crippen LogP contribution in [-0.2, 0) is 0 Å². The van der Waals surface area contributed by atoms with E-state index in [1.165, 1.54) is 6.42 Å². The number of piperidine rings is 1. The summed E-state index contributed by atoms with van der Waals surface area (Å²) >= 11 is 6.30. The first-order valence-corrected chi connectivity index (χ1v) is 10.8. The van der Waals surface area contributed by atoms with Crippen molar-refractivity contribution in [3.05, 3.63) is 77.7 Å². The Bertz CT molecular complexity index is 915. The van der Waals surface area contributed by atoms with Gasteiger partial charge in [0.2, 0.25) is 0 Å². The highest BCUT2D eigenvalue weighted by Crippen LogP contribution is 2.33. The van der Waals surface area contributed by atoms with Gasteiger partial charge in [-0.05, 0) is 55.0 Å². The molecule has 2 heterocycles. The molecular weight excluding hydrogens is 394 g/mol. The lowest BCUT2D eigenvalue weighted by atomic mass is 9.91. The smallest absolute Gasteiger partial charge is 0.181 e. The van der Waals surface area contributed by atoms with E-state index in [1.54, 1.807) is 18.3 Å². The van der Waals surface area contributed by atoms with Crippen LogP contribution in [0.3, 0.4) is 0 Å². The first-order chi connectivity index (χ1) is 14.3. The molecule has 0 bridgehead atoms. The van der Waals surface area contributed by atoms with Gasteiger partial charge in [-0.2, -0.15) is 0 Å². The SMILES string of the molecule is C=C(CCC(=O)c1ccccn1)Nc1ccc(Cl)cc1C(=C)N1C[C@H](C)C[C@H](C)C1. The molecular formula is C25H30ClN3O. The predicted octanol–water partition coefficient (Wildman–Crippen LogP) is 6.27. The van der Waals surface area contributed by atoms with Crippen LogP contribution in [0.1, 0.15) is 49.2 Å². The summed E-state index contributed by atoms with van der Waals surface area (Å²) in [6, 6.07) is 11.1. The van der Waals surface area contributed by atoms with Crippen molar-refractivity contribution in [2.45, 2.75) is 33.1 Å². The van der Waals surface area contributed by atoms with Crippen LogP contribution >= 0.6 is 11.6 Å². The van der Waals surface area contributed by atoms with E-state index in [9.17, 15) is 4.79 Å². The summed E-state index contributed by atoms with van der Waals surface area (Å²) in [4.78, 5) is 18.8. The Morgan fingerprint density at radius 1 is 1.17 bits per heavy atom. The molecule has 4 nitrogen and oxygen atoms in total. The van der Waals surface area contributed by atoms with E-state index in [0.29, 0.717) is 35.4 Å². The minimum Gasteiger partial charge on any atom is -0.371 e. The summed E-state index contributed by atoms with van der Waals surface area (Å²) in [5.74, 6) is 1.28. The zero-order valence-corrected chi connectivity index (χ0v) is 18.6. The molecule has 1 aliphatic heterocycles. The molecule has 0 unspecified atom stereocenters. The third-order valence-corrected chi connectivity index (χ3v) is 5.69. The largest absolute Gasteiger partial charge is 0.371 e. The van der Waals surface area contributed by atoms with E-state index in [4.69, 9.17) is 11.6 Å². The van der Waals surface area contributed by atoms with E-state index in [0.717, 1.165) is 35.7 Å². The number of nitrogens with one attached hydrogen (secondary N) is 1. The predicted molar refractivity (Wildman–Crippen MR) is 126 cm³/mol. The van der Waals surface area contributed by atoms with Gasteiger partial charge in [0.1, 0.15) is 5.69 Å². The van der Waals surface area contributed by atoms with Crippen molar-refractivity contribution in [3.63, 3.8) is 0 Å². The number of Topliss-reactive ketones (excluding diaryl/α,β-unsaturated/α-hetero) is 1. The number of anilines is 1. The fraction of sp³-hybridized carbons (Fsp3) is 0.360. The van der Waals surface area contributed by atoms with Gasteiger partial charge in [-0.3, -0.25) is 9.78 Å². The number of allylic oxidation sites excluding steroid dienone is 1. The third-order valence-electron chi connectivity index (χ3n) is 5.46. The maximum atomic E-state index is 12.3. The molecule has 3 rings (SSSR count). The second-order valence-corrected chi connectivity index (χ2v) is 8.79. The topological polar surface area (TPSA) is 45.2 Å². The van der Waals surface area contributed by atoms with Crippen LogP contribution in [0, 0.1) is 11.8 Å². The highest BCUT2D eigenvalue weighted by molar-refractivity contribution is 6.30. The molecule has 1 fully saturated rings. The highest BCUT2D eigenvalue weighted by atomic mass is 35.5. The number of nitrogens with zero attached hydrogens (tertiary/aromatic N) is 2. The Kier molecular flexibility index (Phi) is 7.33. The van der Waals surface area contributed by atoms with Gasteiger partial charge in [0.05, 0.1) is 0 Å². The fourth-order valence-electron chi connectivity index (χ4n) is 4.09. The average Bonchev–Trinajstić information content (AvgIpc) is 2.72. The quantitative estimate of drug-likeness (QED) is 0.508. The van der Waals surface area contributed by atoms with Crippen molar-refractivity contribution < 1.29 is 4.79 Å². The number of hydrogen-bond donors (Lipinski definition) is 1. The van der Waals surface area contributed by atoms with Gasteiger partial charge in [-0.15, -0.1) is 0 Å². The standard InChI is InChI=1S/C25H30ClN3O/c1-17-13-18(2)16-29(15-17)20(4)22-14-21(26)9-10-23(22)28-19(3)8-11-25(30)24-7-5-6-12-27-24/h5-7,9-10,12,14,17-18,28H,3-4,8,11,13,15-16H2,1-2H3/t17-,18+. The van der Waals surface area contributed by atoms with Crippen molar-refractivity contribution >= 4 is 28.8 Å². The number of hydrogen-bond acceptors (Lipinski definition) is 4. The fourth-order valence-corrected chi connectivity index (χ4v) is 4.26. The van der Waals surface area contributed by atoms with Crippen molar-refractivity contribution in [2.75, 3.05) is 18.4 Å². The number of aromatic nitrogens is 1. The lowest BCUT2D eigenvalue weighted by molar-refractivity contribution is 0.0978. The summed E-state index contributed by atoms with van der Waals surface area (Å²) < 4.78 is 0. The Morgan fingerprint density at radius 2 is 1.90 bits per heavy atom. The maximum absolute atomic E-state index is 12.3. The first kappa shape index (κ1) is 22.1. The molecule has 2 atom stereocenters. The molecule has 2 aromatic rings. The molecule has 0 spiro atoms. The minimum atomic E-state index is 0.00980. The highest BCUT2D eigenvalue weighted by Gasteiger charge is 2.24. The second kappa shape index (κ2) is 9.94. The summed E-state index contributed by atoms with van der Waals surface area (Å²) in [7, 11) is 0. The summed E-state index contributed by atoms with van der Waals surface area (Å²) in [5, 5.41) is 4.05. The Labute approximate surface area is 184 Å². The van der Waals surface area contributed by atoms with Gasteiger partial charge in [0.25, 0.3) is 0 Å². The Morgan fingerprint density at radius 3 is 2.57 bits per heavy atom. The number of ketones is 1. The third kappa shape index (κ3) is 5.73. The monoisotopic (exact) mass is 423 g/mol. The number of pyridine rings is 1. The Hall–Kier alpha value is -2.59. The van der Waals surface area contributed by atoms with E-state index < -0.39 is 0 Å². The van der Waals surface area contributed by atoms with E-state index in [1.807, 2.05) is 24.3 Å². The summed E-state index contributed by atoms with van der Waals surface area (Å²) in [5.41, 5.74) is 4.11. The van der Waals surface area contributed by atoms with Gasteiger partial charge in [-0.1, -0.05) is 44.7 Å². The van der Waals surface area contributed by atoms with Gasteiger partial charge >= 0.3 is 0 Å². The summed E-state index contributed by atoms with van der Waals surface area (Å²) in [6.07, 6.45) is 3.76. The number of carbonyl (C=O) groups is 1. The van der Waals surface area contributed by atoms with Crippen LogP contribution in [-0.4, -0.2) is 28.8 Å². The number of halogens is 1. The maximum Gasteiger partial charge on any atom is 0.181 e. The van der Waals surface area contributed by atoms with Crippen LogP contribution in [0.4, 0.5) is 5.69 Å². The average molecular weight is 424 g/mol. The van der Waals surface area contributed by atoms with Gasteiger partial charge in [0, 0.05) is 53.4 Å². The van der Waals surface area contributed by atoms with E-state index in [-0.39, 0.29) is 5.78 Å². The molecule has 158 valence electrons. The first-order valence-electron chi connectivity index (χ1n) is 10.5. The molecule has 0 aliphatic carbocycles. The van der Waals surface area contributed by atoms with Crippen LogP contribution < -0.4 is 5.32 Å². The molecule has 1 N–H and O–H groups in total. The molecule has 0 saturated carbocycles. The molecule has 30 heavy (non-hydrogen) atoms. The van der Waals surface area contributed by atoms with E-state index in [2.05, 4.69) is 42.2 Å². The molecule has 1 aliphatic rings. The zero-order valence-electron chi connectivity index (χ0n) is 17.8. The van der Waals surface area contributed by atoms with Crippen molar-refractivity contribution in [1.82, 2.24) is 9.88 Å². The minimum absolute atomic E-state index is 0.00980. The van der Waals surface area contributed by atoms with Gasteiger partial charge in [-0.25, -0.2) is 0 Å². The van der Waals surface area contributed by atoms with Crippen molar-refractivity contribution in [1.29, 1.82) is 0 Å². The van der Waals surface area contributed by atoms with Crippen LogP contribution in [0.15, 0.2) is 61.4 Å². The molecule has 1 aromatic carbocycles. The molecule has 5 heteroatoms. The van der Waals surface area contributed by atoms with Gasteiger partial charge < -0.3 is 10.2 Å². The van der Waals surface area contributed by atoms with Crippen molar-refractivity contribution in [3.8, 4) is 0 Å². The second-order valence-electron chi connectivity index (χ2n) is 8.35. The Balaban J connectivity index is 1.68. The number of benzene rings is 1. The molecule has 0 amide bonds. The zero-order chi connectivity index (χ0) is 21.7.